The lowest BCUT2D eigenvalue weighted by Gasteiger charge is -2.50. The summed E-state index contributed by atoms with van der Waals surface area (Å²) in [6.07, 6.45) is 0. The first kappa shape index (κ1) is 12.2. The van der Waals surface area contributed by atoms with E-state index in [0.717, 1.165) is 11.3 Å². The number of nitrogens with zero attached hydrogens (tertiary/aromatic N) is 1. The van der Waals surface area contributed by atoms with E-state index in [2.05, 4.69) is 12.1 Å². The van der Waals surface area contributed by atoms with Gasteiger partial charge in [-0.2, -0.15) is 0 Å². The fourth-order valence-corrected chi connectivity index (χ4v) is 3.36. The third kappa shape index (κ3) is 1.40. The summed E-state index contributed by atoms with van der Waals surface area (Å²) in [5.41, 5.74) is 0.952. The molecule has 1 saturated carbocycles. The van der Waals surface area contributed by atoms with Crippen LogP contribution in [0.2, 0.25) is 0 Å². The quantitative estimate of drug-likeness (QED) is 0.765. The van der Waals surface area contributed by atoms with Crippen molar-refractivity contribution in [3.8, 4) is 0 Å². The van der Waals surface area contributed by atoms with Crippen molar-refractivity contribution >= 4 is 11.7 Å². The number of rotatable bonds is 2. The Balaban J connectivity index is 1.99. The van der Waals surface area contributed by atoms with Crippen LogP contribution in [0, 0.1) is 17.8 Å². The van der Waals surface area contributed by atoms with E-state index < -0.39 is 5.60 Å². The van der Waals surface area contributed by atoms with Crippen molar-refractivity contribution in [1.82, 2.24) is 0 Å². The topological polar surface area (TPSA) is 47.9 Å². The highest BCUT2D eigenvalue weighted by atomic mass is 16.7. The molecule has 0 spiro atoms. The molecule has 4 nitrogen and oxygen atoms in total. The molecule has 0 bridgehead atoms. The summed E-state index contributed by atoms with van der Waals surface area (Å²) in [6.45, 7) is 4.14. The van der Waals surface area contributed by atoms with Gasteiger partial charge in [0, 0.05) is 5.92 Å². The van der Waals surface area contributed by atoms with E-state index in [9.17, 15) is 4.79 Å². The fraction of sp³-hybridized carbons (Fsp3) is 0.467. The molecule has 1 fully saturated rings. The summed E-state index contributed by atoms with van der Waals surface area (Å²) in [4.78, 5) is 17.7. The maximum atomic E-state index is 12.1. The second kappa shape index (κ2) is 4.08. The predicted molar refractivity (Wildman–Crippen MR) is 70.6 cm³/mol. The molecule has 1 aliphatic heterocycles. The van der Waals surface area contributed by atoms with Crippen LogP contribution in [0.5, 0.6) is 0 Å². The Bertz CT molecular complexity index is 540. The number of hydrogen-bond donors (Lipinski definition) is 0. The third-order valence-corrected chi connectivity index (χ3v) is 4.62. The van der Waals surface area contributed by atoms with Crippen LogP contribution in [-0.2, 0) is 14.4 Å². The lowest BCUT2D eigenvalue weighted by Crippen LogP contribution is -2.66. The summed E-state index contributed by atoms with van der Waals surface area (Å²) in [5.74, 6) is 0.116. The minimum atomic E-state index is -0.917. The van der Waals surface area contributed by atoms with Crippen LogP contribution in [0.3, 0.4) is 0 Å². The number of fused-ring (bicyclic) bond motifs is 1. The number of ether oxygens (including phenoxy) is 1. The number of benzene rings is 1. The molecule has 19 heavy (non-hydrogen) atoms. The molecule has 0 N–H and O–H groups in total. The lowest BCUT2D eigenvalue weighted by atomic mass is 9.53. The van der Waals surface area contributed by atoms with Crippen LogP contribution in [0.15, 0.2) is 35.5 Å². The number of carbonyl (C=O) groups excluding carboxylic acids is 1. The van der Waals surface area contributed by atoms with E-state index >= 15 is 0 Å². The zero-order valence-electron chi connectivity index (χ0n) is 11.3. The standard InChI is InChI=1S/C15H17NO3/c1-9-10(2)15(14(17)18-3)12(9)13(16-19-15)11-7-5-4-6-8-11/h4-10,12H,1-3H3/t9-,10-,12+,15+/m0/s1. The molecule has 1 aromatic rings. The largest absolute Gasteiger partial charge is 0.466 e. The Morgan fingerprint density at radius 3 is 2.63 bits per heavy atom. The molecule has 100 valence electrons. The fourth-order valence-electron chi connectivity index (χ4n) is 3.36. The SMILES string of the molecule is COC(=O)[C@]12ON=C(c3ccccc3)[C@H]1[C@@H](C)[C@@H]2C. The van der Waals surface area contributed by atoms with E-state index in [4.69, 9.17) is 9.57 Å². The average molecular weight is 259 g/mol. The van der Waals surface area contributed by atoms with Crippen molar-refractivity contribution in [3.05, 3.63) is 35.9 Å². The van der Waals surface area contributed by atoms with E-state index in [1.165, 1.54) is 7.11 Å². The van der Waals surface area contributed by atoms with Crippen molar-refractivity contribution < 1.29 is 14.4 Å². The summed E-state index contributed by atoms with van der Waals surface area (Å²) >= 11 is 0. The highest BCUT2D eigenvalue weighted by Crippen LogP contribution is 2.56. The molecule has 0 aromatic heterocycles. The molecule has 1 heterocycles. The Labute approximate surface area is 112 Å². The van der Waals surface area contributed by atoms with Gasteiger partial charge < -0.3 is 9.57 Å². The average Bonchev–Trinajstić information content (AvgIpc) is 2.84. The second-order valence-corrected chi connectivity index (χ2v) is 5.34. The third-order valence-electron chi connectivity index (χ3n) is 4.62. The molecule has 0 amide bonds. The molecule has 1 aliphatic carbocycles. The summed E-state index contributed by atoms with van der Waals surface area (Å²) in [5, 5.41) is 4.19. The first-order chi connectivity index (χ1) is 9.13. The van der Waals surface area contributed by atoms with Gasteiger partial charge in [-0.25, -0.2) is 4.79 Å². The molecule has 0 unspecified atom stereocenters. The first-order valence-electron chi connectivity index (χ1n) is 6.52. The van der Waals surface area contributed by atoms with Gasteiger partial charge in [0.1, 0.15) is 0 Å². The zero-order valence-corrected chi connectivity index (χ0v) is 11.3. The van der Waals surface area contributed by atoms with E-state index in [-0.39, 0.29) is 17.8 Å². The number of esters is 1. The molecule has 1 aromatic carbocycles. The molecule has 4 heteroatoms. The normalized spacial score (nSPS) is 35.7. The Morgan fingerprint density at radius 2 is 2.00 bits per heavy atom. The molecular weight excluding hydrogens is 242 g/mol. The van der Waals surface area contributed by atoms with Gasteiger partial charge in [0.25, 0.3) is 0 Å². The van der Waals surface area contributed by atoms with Crippen molar-refractivity contribution in [2.24, 2.45) is 22.9 Å². The van der Waals surface area contributed by atoms with Gasteiger partial charge >= 0.3 is 5.97 Å². The van der Waals surface area contributed by atoms with Gasteiger partial charge in [0.15, 0.2) is 0 Å². The number of oxime groups is 1. The van der Waals surface area contributed by atoms with Crippen LogP contribution in [0.25, 0.3) is 0 Å². The van der Waals surface area contributed by atoms with Crippen molar-refractivity contribution in [1.29, 1.82) is 0 Å². The van der Waals surface area contributed by atoms with Gasteiger partial charge in [0.2, 0.25) is 5.60 Å². The van der Waals surface area contributed by atoms with Gasteiger partial charge in [0.05, 0.1) is 18.7 Å². The highest BCUT2D eigenvalue weighted by Gasteiger charge is 2.71. The van der Waals surface area contributed by atoms with Crippen molar-refractivity contribution in [2.75, 3.05) is 7.11 Å². The smallest absolute Gasteiger partial charge is 0.354 e. The second-order valence-electron chi connectivity index (χ2n) is 5.34. The van der Waals surface area contributed by atoms with Crippen molar-refractivity contribution in [2.45, 2.75) is 19.4 Å². The molecular formula is C15H17NO3. The van der Waals surface area contributed by atoms with Crippen LogP contribution < -0.4 is 0 Å². The highest BCUT2D eigenvalue weighted by molar-refractivity contribution is 6.08. The van der Waals surface area contributed by atoms with Crippen LogP contribution >= 0.6 is 0 Å². The molecule has 2 aliphatic rings. The monoisotopic (exact) mass is 259 g/mol. The minimum absolute atomic E-state index is 0.0163. The Morgan fingerprint density at radius 1 is 1.32 bits per heavy atom. The summed E-state index contributed by atoms with van der Waals surface area (Å²) in [6, 6.07) is 9.86. The first-order valence-corrected chi connectivity index (χ1v) is 6.52. The van der Waals surface area contributed by atoms with E-state index in [1.807, 2.05) is 37.3 Å². The van der Waals surface area contributed by atoms with Crippen LogP contribution in [0.4, 0.5) is 0 Å². The predicted octanol–water partition coefficient (Wildman–Crippen LogP) is 2.23. The summed E-state index contributed by atoms with van der Waals surface area (Å²) < 4.78 is 4.92. The maximum absolute atomic E-state index is 12.1. The molecule has 0 radical (unpaired) electrons. The zero-order chi connectivity index (χ0) is 13.6. The maximum Gasteiger partial charge on any atom is 0.354 e. The number of hydrogen-bond acceptors (Lipinski definition) is 4. The number of carbonyl (C=O) groups is 1. The molecule has 0 saturated heterocycles. The van der Waals surface area contributed by atoms with Gasteiger partial charge in [-0.3, -0.25) is 0 Å². The molecule has 3 rings (SSSR count). The Hall–Kier alpha value is -1.84. The van der Waals surface area contributed by atoms with Gasteiger partial charge in [-0.05, 0) is 11.5 Å². The van der Waals surface area contributed by atoms with E-state index in [1.54, 1.807) is 0 Å². The van der Waals surface area contributed by atoms with Crippen LogP contribution in [0.1, 0.15) is 19.4 Å². The lowest BCUT2D eigenvalue weighted by molar-refractivity contribution is -0.210. The molecule has 4 atom stereocenters. The van der Waals surface area contributed by atoms with E-state index in [0.29, 0.717) is 5.92 Å². The van der Waals surface area contributed by atoms with Gasteiger partial charge in [-0.1, -0.05) is 49.3 Å². The summed E-state index contributed by atoms with van der Waals surface area (Å²) in [7, 11) is 1.40. The van der Waals surface area contributed by atoms with Crippen molar-refractivity contribution in [3.63, 3.8) is 0 Å². The van der Waals surface area contributed by atoms with Gasteiger partial charge in [-0.15, -0.1) is 0 Å². The Kier molecular flexibility index (Phi) is 2.62. The van der Waals surface area contributed by atoms with Crippen LogP contribution in [-0.4, -0.2) is 24.4 Å². The minimum Gasteiger partial charge on any atom is -0.466 e. The number of methoxy groups -OCH3 is 1.